The van der Waals surface area contributed by atoms with E-state index >= 15 is 0 Å². The Bertz CT molecular complexity index is 373. The molecule has 0 bridgehead atoms. The number of aromatic amines is 1. The number of amides is 1. The van der Waals surface area contributed by atoms with Crippen LogP contribution in [0.4, 0.5) is 0 Å². The molecule has 0 aliphatic heterocycles. The minimum Gasteiger partial charge on any atom is -0.333 e. The Morgan fingerprint density at radius 2 is 2.06 bits per heavy atom. The summed E-state index contributed by atoms with van der Waals surface area (Å²) in [5.74, 6) is 0.977. The smallest absolute Gasteiger partial charge is 0.293 e. The minimum atomic E-state index is -0.0722. The molecule has 1 aromatic rings. The zero-order chi connectivity index (χ0) is 13.5. The molecule has 0 aromatic carbocycles. The number of unbranched alkanes of at least 4 members (excludes halogenated alkanes) is 2. The molecule has 0 unspecified atom stereocenters. The van der Waals surface area contributed by atoms with Gasteiger partial charge in [-0.1, -0.05) is 26.7 Å². The fourth-order valence-corrected chi connectivity index (χ4v) is 1.80. The van der Waals surface area contributed by atoms with Crippen LogP contribution in [0.2, 0.25) is 0 Å². The molecule has 1 aromatic heterocycles. The molecule has 0 radical (unpaired) electrons. The van der Waals surface area contributed by atoms with Gasteiger partial charge in [0, 0.05) is 19.0 Å². The van der Waals surface area contributed by atoms with Gasteiger partial charge in [0.15, 0.2) is 0 Å². The third-order valence-corrected chi connectivity index (χ3v) is 2.94. The molecule has 0 aliphatic rings. The standard InChI is InChI=1S/C13H24N4O/c1-5-7-8-9-17(10(3)4)13(18)12-14-11(6-2)15-16-12/h10H,5-9H2,1-4H3,(H,14,15,16). The summed E-state index contributed by atoms with van der Waals surface area (Å²) in [7, 11) is 0. The first-order chi connectivity index (χ1) is 8.60. The number of nitrogens with one attached hydrogen (secondary N) is 1. The number of aryl methyl sites for hydroxylation is 1. The van der Waals surface area contributed by atoms with Crippen molar-refractivity contribution < 1.29 is 4.79 Å². The van der Waals surface area contributed by atoms with E-state index < -0.39 is 0 Å². The van der Waals surface area contributed by atoms with Gasteiger partial charge in [0.2, 0.25) is 5.82 Å². The number of hydrogen-bond acceptors (Lipinski definition) is 3. The Labute approximate surface area is 109 Å². The molecular formula is C13H24N4O. The summed E-state index contributed by atoms with van der Waals surface area (Å²) < 4.78 is 0. The second kappa shape index (κ2) is 7.13. The normalized spacial score (nSPS) is 10.9. The van der Waals surface area contributed by atoms with Crippen molar-refractivity contribution in [1.82, 2.24) is 20.1 Å². The van der Waals surface area contributed by atoms with Crippen LogP contribution in [-0.2, 0) is 6.42 Å². The van der Waals surface area contributed by atoms with Crippen molar-refractivity contribution in [1.29, 1.82) is 0 Å². The van der Waals surface area contributed by atoms with Gasteiger partial charge in [-0.2, -0.15) is 0 Å². The molecular weight excluding hydrogens is 228 g/mol. The topological polar surface area (TPSA) is 61.9 Å². The molecule has 0 saturated heterocycles. The summed E-state index contributed by atoms with van der Waals surface area (Å²) in [5.41, 5.74) is 0. The van der Waals surface area contributed by atoms with Crippen LogP contribution in [0.3, 0.4) is 0 Å². The van der Waals surface area contributed by atoms with Crippen molar-refractivity contribution in [2.24, 2.45) is 0 Å². The number of hydrogen-bond donors (Lipinski definition) is 1. The van der Waals surface area contributed by atoms with Crippen molar-refractivity contribution in [2.45, 2.75) is 59.4 Å². The van der Waals surface area contributed by atoms with Gasteiger partial charge < -0.3 is 4.90 Å². The summed E-state index contributed by atoms with van der Waals surface area (Å²) in [6.45, 7) is 8.97. The van der Waals surface area contributed by atoms with Crippen molar-refractivity contribution in [3.8, 4) is 0 Å². The van der Waals surface area contributed by atoms with Crippen molar-refractivity contribution in [2.75, 3.05) is 6.54 Å². The highest BCUT2D eigenvalue weighted by Crippen LogP contribution is 2.08. The maximum Gasteiger partial charge on any atom is 0.293 e. The Kier molecular flexibility index (Phi) is 5.82. The van der Waals surface area contributed by atoms with Gasteiger partial charge in [-0.25, -0.2) is 4.98 Å². The van der Waals surface area contributed by atoms with E-state index in [-0.39, 0.29) is 17.8 Å². The van der Waals surface area contributed by atoms with Crippen LogP contribution in [0.15, 0.2) is 0 Å². The average molecular weight is 252 g/mol. The van der Waals surface area contributed by atoms with Crippen LogP contribution in [0, 0.1) is 0 Å². The van der Waals surface area contributed by atoms with Crippen LogP contribution in [0.5, 0.6) is 0 Å². The molecule has 5 heteroatoms. The Morgan fingerprint density at radius 1 is 1.33 bits per heavy atom. The first-order valence-electron chi connectivity index (χ1n) is 6.82. The molecule has 0 fully saturated rings. The zero-order valence-electron chi connectivity index (χ0n) is 11.9. The highest BCUT2D eigenvalue weighted by Gasteiger charge is 2.21. The second-order valence-electron chi connectivity index (χ2n) is 4.76. The fraction of sp³-hybridized carbons (Fsp3) is 0.769. The van der Waals surface area contributed by atoms with Crippen molar-refractivity contribution in [3.63, 3.8) is 0 Å². The van der Waals surface area contributed by atoms with Crippen LogP contribution in [0.25, 0.3) is 0 Å². The third kappa shape index (κ3) is 3.82. The highest BCUT2D eigenvalue weighted by atomic mass is 16.2. The average Bonchev–Trinajstić information content (AvgIpc) is 2.82. The minimum absolute atomic E-state index is 0.0722. The molecule has 18 heavy (non-hydrogen) atoms. The van der Waals surface area contributed by atoms with Gasteiger partial charge in [0.05, 0.1) is 0 Å². The number of carbonyl (C=O) groups excluding carboxylic acids is 1. The van der Waals surface area contributed by atoms with Crippen LogP contribution in [-0.4, -0.2) is 38.6 Å². The highest BCUT2D eigenvalue weighted by molar-refractivity contribution is 5.90. The SMILES string of the molecule is CCCCCN(C(=O)c1n[nH]c(CC)n1)C(C)C. The lowest BCUT2D eigenvalue weighted by Gasteiger charge is -2.25. The first kappa shape index (κ1) is 14.7. The number of rotatable bonds is 7. The monoisotopic (exact) mass is 252 g/mol. The maximum absolute atomic E-state index is 12.3. The molecule has 0 aliphatic carbocycles. The first-order valence-corrected chi connectivity index (χ1v) is 6.82. The molecule has 5 nitrogen and oxygen atoms in total. The van der Waals surface area contributed by atoms with E-state index in [9.17, 15) is 4.79 Å². The molecule has 1 rings (SSSR count). The predicted octanol–water partition coefficient (Wildman–Crippen LogP) is 2.41. The summed E-state index contributed by atoms with van der Waals surface area (Å²) in [6.07, 6.45) is 4.09. The largest absolute Gasteiger partial charge is 0.333 e. The summed E-state index contributed by atoms with van der Waals surface area (Å²) in [6, 6.07) is 0.179. The number of H-pyrrole nitrogens is 1. The Morgan fingerprint density at radius 3 is 2.56 bits per heavy atom. The molecule has 0 saturated carbocycles. The maximum atomic E-state index is 12.3. The van der Waals surface area contributed by atoms with Crippen LogP contribution in [0.1, 0.15) is 63.4 Å². The second-order valence-corrected chi connectivity index (χ2v) is 4.76. The lowest BCUT2D eigenvalue weighted by molar-refractivity contribution is 0.0690. The van der Waals surface area contributed by atoms with Gasteiger partial charge in [0.25, 0.3) is 5.91 Å². The van der Waals surface area contributed by atoms with Gasteiger partial charge >= 0.3 is 0 Å². The van der Waals surface area contributed by atoms with E-state index in [2.05, 4.69) is 22.1 Å². The van der Waals surface area contributed by atoms with Crippen LogP contribution >= 0.6 is 0 Å². The van der Waals surface area contributed by atoms with Gasteiger partial charge in [0.1, 0.15) is 5.82 Å². The number of nitrogens with zero attached hydrogens (tertiary/aromatic N) is 3. The van der Waals surface area contributed by atoms with E-state index in [0.717, 1.165) is 38.1 Å². The number of carbonyl (C=O) groups is 1. The van der Waals surface area contributed by atoms with E-state index in [1.165, 1.54) is 0 Å². The summed E-state index contributed by atoms with van der Waals surface area (Å²) in [5, 5.41) is 6.78. The van der Waals surface area contributed by atoms with E-state index in [1.807, 2.05) is 25.7 Å². The summed E-state index contributed by atoms with van der Waals surface area (Å²) in [4.78, 5) is 18.3. The lowest BCUT2D eigenvalue weighted by atomic mass is 10.2. The molecule has 1 N–H and O–H groups in total. The predicted molar refractivity (Wildman–Crippen MR) is 71.5 cm³/mol. The van der Waals surface area contributed by atoms with E-state index in [0.29, 0.717) is 0 Å². The lowest BCUT2D eigenvalue weighted by Crippen LogP contribution is -2.38. The fourth-order valence-electron chi connectivity index (χ4n) is 1.80. The van der Waals surface area contributed by atoms with E-state index in [4.69, 9.17) is 0 Å². The quantitative estimate of drug-likeness (QED) is 0.758. The van der Waals surface area contributed by atoms with Gasteiger partial charge in [-0.05, 0) is 20.3 Å². The molecule has 1 heterocycles. The Hall–Kier alpha value is -1.39. The van der Waals surface area contributed by atoms with Gasteiger partial charge in [-0.3, -0.25) is 9.89 Å². The van der Waals surface area contributed by atoms with Crippen LogP contribution < -0.4 is 0 Å². The van der Waals surface area contributed by atoms with Crippen molar-refractivity contribution in [3.05, 3.63) is 11.6 Å². The number of aromatic nitrogens is 3. The molecule has 102 valence electrons. The molecule has 0 atom stereocenters. The van der Waals surface area contributed by atoms with E-state index in [1.54, 1.807) is 0 Å². The summed E-state index contributed by atoms with van der Waals surface area (Å²) >= 11 is 0. The molecule has 1 amide bonds. The van der Waals surface area contributed by atoms with Gasteiger partial charge in [-0.15, -0.1) is 5.10 Å². The Balaban J connectivity index is 2.69. The molecule has 0 spiro atoms. The van der Waals surface area contributed by atoms with Crippen molar-refractivity contribution >= 4 is 5.91 Å². The zero-order valence-corrected chi connectivity index (χ0v) is 11.9. The third-order valence-electron chi connectivity index (χ3n) is 2.94.